The van der Waals surface area contributed by atoms with E-state index < -0.39 is 0 Å². The van der Waals surface area contributed by atoms with Crippen LogP contribution in [0.15, 0.2) is 34.9 Å². The van der Waals surface area contributed by atoms with E-state index in [0.717, 1.165) is 25.0 Å². The SMILES string of the molecule is COc1cc(C(=O)N(Cc2ccco2)Cc2nn(C)c3c2CCC3)cc(OC)c1OC. The third-order valence-corrected chi connectivity index (χ3v) is 5.66. The first-order valence-corrected chi connectivity index (χ1v) is 10.2. The largest absolute Gasteiger partial charge is 0.493 e. The molecule has 0 fully saturated rings. The van der Waals surface area contributed by atoms with Crippen LogP contribution in [0.1, 0.15) is 39.5 Å². The Bertz CT molecular complexity index is 1050. The van der Waals surface area contributed by atoms with Gasteiger partial charge in [0.2, 0.25) is 5.75 Å². The molecule has 164 valence electrons. The van der Waals surface area contributed by atoms with Crippen LogP contribution in [0, 0.1) is 0 Å². The Hall–Kier alpha value is -3.42. The van der Waals surface area contributed by atoms with Crippen LogP contribution in [0.2, 0.25) is 0 Å². The van der Waals surface area contributed by atoms with Gasteiger partial charge in [-0.15, -0.1) is 0 Å². The fraction of sp³-hybridized carbons (Fsp3) is 0.391. The average Bonchev–Trinajstić information content (AvgIpc) is 3.52. The van der Waals surface area contributed by atoms with Crippen LogP contribution >= 0.6 is 0 Å². The van der Waals surface area contributed by atoms with E-state index in [4.69, 9.17) is 23.7 Å². The van der Waals surface area contributed by atoms with Gasteiger partial charge < -0.3 is 23.5 Å². The molecule has 0 bridgehead atoms. The van der Waals surface area contributed by atoms with Gasteiger partial charge in [0.05, 0.1) is 46.4 Å². The van der Waals surface area contributed by atoms with Crippen molar-refractivity contribution in [3.8, 4) is 17.2 Å². The Morgan fingerprint density at radius 1 is 1.13 bits per heavy atom. The maximum Gasteiger partial charge on any atom is 0.254 e. The first-order chi connectivity index (χ1) is 15.0. The lowest BCUT2D eigenvalue weighted by atomic mass is 10.1. The number of ether oxygens (including phenoxy) is 3. The zero-order valence-corrected chi connectivity index (χ0v) is 18.3. The van der Waals surface area contributed by atoms with Crippen LogP contribution in [0.3, 0.4) is 0 Å². The summed E-state index contributed by atoms with van der Waals surface area (Å²) in [5.41, 5.74) is 3.88. The number of hydrogen-bond acceptors (Lipinski definition) is 6. The third-order valence-electron chi connectivity index (χ3n) is 5.66. The van der Waals surface area contributed by atoms with Gasteiger partial charge in [-0.25, -0.2) is 0 Å². The summed E-state index contributed by atoms with van der Waals surface area (Å²) in [5, 5.41) is 4.70. The number of methoxy groups -OCH3 is 3. The minimum atomic E-state index is -0.173. The molecule has 31 heavy (non-hydrogen) atoms. The molecule has 0 saturated carbocycles. The highest BCUT2D eigenvalue weighted by Gasteiger charge is 2.26. The average molecular weight is 425 g/mol. The van der Waals surface area contributed by atoms with E-state index in [2.05, 4.69) is 0 Å². The van der Waals surface area contributed by atoms with E-state index >= 15 is 0 Å². The van der Waals surface area contributed by atoms with Gasteiger partial charge in [-0.2, -0.15) is 5.10 Å². The van der Waals surface area contributed by atoms with Crippen LogP contribution in [0.5, 0.6) is 17.2 Å². The number of amides is 1. The second-order valence-electron chi connectivity index (χ2n) is 7.50. The van der Waals surface area contributed by atoms with Crippen molar-refractivity contribution >= 4 is 5.91 Å². The Morgan fingerprint density at radius 2 is 1.87 bits per heavy atom. The quantitative estimate of drug-likeness (QED) is 0.551. The van der Waals surface area contributed by atoms with Crippen molar-refractivity contribution in [2.75, 3.05) is 21.3 Å². The van der Waals surface area contributed by atoms with Crippen LogP contribution in [0.25, 0.3) is 0 Å². The lowest BCUT2D eigenvalue weighted by Crippen LogP contribution is -2.30. The molecule has 4 rings (SSSR count). The molecule has 0 aliphatic heterocycles. The molecular weight excluding hydrogens is 398 g/mol. The van der Waals surface area contributed by atoms with Crippen molar-refractivity contribution < 1.29 is 23.4 Å². The predicted molar refractivity (Wildman–Crippen MR) is 114 cm³/mol. The Morgan fingerprint density at radius 3 is 2.48 bits per heavy atom. The van der Waals surface area contributed by atoms with Gasteiger partial charge in [-0.05, 0) is 49.1 Å². The van der Waals surface area contributed by atoms with Gasteiger partial charge in [0, 0.05) is 18.3 Å². The molecule has 3 aromatic rings. The van der Waals surface area contributed by atoms with Crippen LogP contribution in [0.4, 0.5) is 0 Å². The van der Waals surface area contributed by atoms with Crippen LogP contribution in [-0.2, 0) is 33.0 Å². The molecule has 0 N–H and O–H groups in total. The molecule has 1 aromatic carbocycles. The summed E-state index contributed by atoms with van der Waals surface area (Å²) in [6.45, 7) is 0.715. The highest BCUT2D eigenvalue weighted by atomic mass is 16.5. The fourth-order valence-electron chi connectivity index (χ4n) is 4.18. The lowest BCUT2D eigenvalue weighted by Gasteiger charge is -2.22. The van der Waals surface area contributed by atoms with E-state index in [0.29, 0.717) is 41.7 Å². The van der Waals surface area contributed by atoms with Crippen molar-refractivity contribution in [3.05, 3.63) is 58.8 Å². The van der Waals surface area contributed by atoms with Crippen LogP contribution in [-0.4, -0.2) is 41.9 Å². The molecule has 0 unspecified atom stereocenters. The molecule has 1 aliphatic rings. The monoisotopic (exact) mass is 425 g/mol. The van der Waals surface area contributed by atoms with Crippen molar-refractivity contribution in [2.24, 2.45) is 7.05 Å². The number of nitrogens with zero attached hydrogens (tertiary/aromatic N) is 3. The molecule has 2 aromatic heterocycles. The molecule has 1 amide bonds. The number of rotatable bonds is 8. The second kappa shape index (κ2) is 8.75. The molecule has 0 atom stereocenters. The fourth-order valence-corrected chi connectivity index (χ4v) is 4.18. The minimum absolute atomic E-state index is 0.173. The van der Waals surface area contributed by atoms with Gasteiger partial charge in [0.15, 0.2) is 11.5 Å². The molecule has 1 aliphatic carbocycles. The maximum atomic E-state index is 13.6. The molecule has 8 nitrogen and oxygen atoms in total. The van der Waals surface area contributed by atoms with Crippen molar-refractivity contribution in [1.82, 2.24) is 14.7 Å². The van der Waals surface area contributed by atoms with E-state index in [-0.39, 0.29) is 5.91 Å². The van der Waals surface area contributed by atoms with Crippen LogP contribution < -0.4 is 14.2 Å². The van der Waals surface area contributed by atoms with E-state index in [1.54, 1.807) is 23.3 Å². The second-order valence-corrected chi connectivity index (χ2v) is 7.50. The summed E-state index contributed by atoms with van der Waals surface area (Å²) in [5.74, 6) is 1.84. The lowest BCUT2D eigenvalue weighted by molar-refractivity contribution is 0.0714. The molecule has 0 saturated heterocycles. The summed E-state index contributed by atoms with van der Waals surface area (Å²) < 4.78 is 23.7. The minimum Gasteiger partial charge on any atom is -0.493 e. The Labute approximate surface area is 181 Å². The molecule has 2 heterocycles. The smallest absolute Gasteiger partial charge is 0.254 e. The summed E-state index contributed by atoms with van der Waals surface area (Å²) in [6, 6.07) is 7.01. The third kappa shape index (κ3) is 3.97. The number of aromatic nitrogens is 2. The summed E-state index contributed by atoms with van der Waals surface area (Å²) >= 11 is 0. The van der Waals surface area contributed by atoms with Crippen molar-refractivity contribution in [1.29, 1.82) is 0 Å². The van der Waals surface area contributed by atoms with E-state index in [9.17, 15) is 4.79 Å². The number of hydrogen-bond donors (Lipinski definition) is 0. The number of fused-ring (bicyclic) bond motifs is 1. The normalized spacial score (nSPS) is 12.5. The van der Waals surface area contributed by atoms with Gasteiger partial charge in [-0.3, -0.25) is 9.48 Å². The summed E-state index contributed by atoms with van der Waals surface area (Å²) in [4.78, 5) is 15.4. The summed E-state index contributed by atoms with van der Waals surface area (Å²) in [6.07, 6.45) is 4.74. The topological polar surface area (TPSA) is 79.0 Å². The maximum absolute atomic E-state index is 13.6. The summed E-state index contributed by atoms with van der Waals surface area (Å²) in [7, 11) is 6.56. The standard InChI is InChI=1S/C23H27N3O5/c1-25-19-9-5-8-17(19)18(24-25)14-26(13-16-7-6-10-31-16)23(27)15-11-20(28-2)22(30-4)21(12-15)29-3/h6-7,10-12H,5,8-9,13-14H2,1-4H3. The Balaban J connectivity index is 1.70. The first kappa shape index (κ1) is 20.8. The van der Waals surface area contributed by atoms with Crippen molar-refractivity contribution in [3.63, 3.8) is 0 Å². The number of aryl methyl sites for hydroxylation is 1. The van der Waals surface area contributed by atoms with Gasteiger partial charge >= 0.3 is 0 Å². The molecule has 0 spiro atoms. The van der Waals surface area contributed by atoms with Gasteiger partial charge in [0.1, 0.15) is 5.76 Å². The highest BCUT2D eigenvalue weighted by molar-refractivity contribution is 5.95. The molecule has 0 radical (unpaired) electrons. The van der Waals surface area contributed by atoms with Gasteiger partial charge in [-0.1, -0.05) is 0 Å². The van der Waals surface area contributed by atoms with Gasteiger partial charge in [0.25, 0.3) is 5.91 Å². The zero-order valence-electron chi connectivity index (χ0n) is 18.3. The molecule has 8 heteroatoms. The molecular formula is C23H27N3O5. The first-order valence-electron chi connectivity index (χ1n) is 10.2. The van der Waals surface area contributed by atoms with E-state index in [1.165, 1.54) is 32.6 Å². The van der Waals surface area contributed by atoms with Crippen molar-refractivity contribution in [2.45, 2.75) is 32.4 Å². The zero-order chi connectivity index (χ0) is 22.0. The highest BCUT2D eigenvalue weighted by Crippen LogP contribution is 2.38. The predicted octanol–water partition coefficient (Wildman–Crippen LogP) is 3.37. The number of furan rings is 1. The number of carbonyl (C=O) groups is 1. The Kier molecular flexibility index (Phi) is 5.88. The van der Waals surface area contributed by atoms with E-state index in [1.807, 2.05) is 23.9 Å². The number of benzene rings is 1. The number of carbonyl (C=O) groups excluding carboxylic acids is 1.